The fourth-order valence-corrected chi connectivity index (χ4v) is 1.55. The smallest absolute Gasteiger partial charge is 0.142 e. The zero-order valence-electron chi connectivity index (χ0n) is 9.75. The Labute approximate surface area is 91.3 Å². The van der Waals surface area contributed by atoms with Crippen molar-refractivity contribution in [2.75, 3.05) is 0 Å². The van der Waals surface area contributed by atoms with Gasteiger partial charge in [0.1, 0.15) is 5.82 Å². The SMILES string of the molecule is Cc1cc(C(C)C)nc(CNC2CC2)n1. The number of hydrogen-bond donors (Lipinski definition) is 1. The summed E-state index contributed by atoms with van der Waals surface area (Å²) in [5.41, 5.74) is 2.22. The summed E-state index contributed by atoms with van der Waals surface area (Å²) in [4.78, 5) is 9.00. The van der Waals surface area contributed by atoms with E-state index in [0.29, 0.717) is 5.92 Å². The molecule has 1 fully saturated rings. The van der Waals surface area contributed by atoms with E-state index >= 15 is 0 Å². The lowest BCUT2D eigenvalue weighted by Gasteiger charge is -2.08. The maximum absolute atomic E-state index is 4.56. The Bertz CT molecular complexity index is 343. The summed E-state index contributed by atoms with van der Waals surface area (Å²) in [6, 6.07) is 2.79. The van der Waals surface area contributed by atoms with Crippen molar-refractivity contribution >= 4 is 0 Å². The van der Waals surface area contributed by atoms with E-state index in [2.05, 4.69) is 35.2 Å². The minimum absolute atomic E-state index is 0.478. The number of rotatable bonds is 4. The van der Waals surface area contributed by atoms with Crippen molar-refractivity contribution in [3.63, 3.8) is 0 Å². The second-order valence-electron chi connectivity index (χ2n) is 4.66. The predicted molar refractivity (Wildman–Crippen MR) is 60.7 cm³/mol. The molecule has 15 heavy (non-hydrogen) atoms. The summed E-state index contributed by atoms with van der Waals surface area (Å²) in [6.07, 6.45) is 2.62. The van der Waals surface area contributed by atoms with E-state index in [4.69, 9.17) is 0 Å². The van der Waals surface area contributed by atoms with Gasteiger partial charge in [0.15, 0.2) is 0 Å². The van der Waals surface area contributed by atoms with Crippen molar-refractivity contribution in [3.05, 3.63) is 23.3 Å². The molecule has 0 spiro atoms. The molecule has 82 valence electrons. The molecule has 3 heteroatoms. The quantitative estimate of drug-likeness (QED) is 0.818. The molecule has 0 amide bonds. The van der Waals surface area contributed by atoms with Crippen LogP contribution in [-0.4, -0.2) is 16.0 Å². The first-order chi connectivity index (χ1) is 7.15. The highest BCUT2D eigenvalue weighted by Gasteiger charge is 2.20. The largest absolute Gasteiger partial charge is 0.307 e. The molecule has 1 saturated carbocycles. The number of nitrogens with one attached hydrogen (secondary N) is 1. The summed E-state index contributed by atoms with van der Waals surface area (Å²) >= 11 is 0. The minimum atomic E-state index is 0.478. The molecule has 0 radical (unpaired) electrons. The van der Waals surface area contributed by atoms with E-state index in [-0.39, 0.29) is 0 Å². The van der Waals surface area contributed by atoms with Crippen LogP contribution in [0.3, 0.4) is 0 Å². The molecule has 3 nitrogen and oxygen atoms in total. The highest BCUT2D eigenvalue weighted by molar-refractivity contribution is 5.13. The summed E-state index contributed by atoms with van der Waals surface area (Å²) < 4.78 is 0. The second kappa shape index (κ2) is 4.27. The Morgan fingerprint density at radius 3 is 2.73 bits per heavy atom. The van der Waals surface area contributed by atoms with Gasteiger partial charge in [-0.15, -0.1) is 0 Å². The zero-order chi connectivity index (χ0) is 10.8. The summed E-state index contributed by atoms with van der Waals surface area (Å²) in [5, 5.41) is 3.44. The number of aromatic nitrogens is 2. The van der Waals surface area contributed by atoms with Gasteiger partial charge in [0, 0.05) is 17.4 Å². The molecule has 1 aromatic rings. The number of nitrogens with zero attached hydrogens (tertiary/aromatic N) is 2. The van der Waals surface area contributed by atoms with Crippen molar-refractivity contribution in [1.82, 2.24) is 15.3 Å². The van der Waals surface area contributed by atoms with Gasteiger partial charge in [0.05, 0.1) is 6.54 Å². The normalized spacial score (nSPS) is 16.0. The van der Waals surface area contributed by atoms with Crippen LogP contribution in [0.1, 0.15) is 49.8 Å². The maximum atomic E-state index is 4.56. The summed E-state index contributed by atoms with van der Waals surface area (Å²) in [6.45, 7) is 7.18. The number of aryl methyl sites for hydroxylation is 1. The highest BCUT2D eigenvalue weighted by Crippen LogP contribution is 2.19. The first-order valence-corrected chi connectivity index (χ1v) is 5.73. The van der Waals surface area contributed by atoms with Gasteiger partial charge in [0.2, 0.25) is 0 Å². The summed E-state index contributed by atoms with van der Waals surface area (Å²) in [7, 11) is 0. The molecule has 1 aliphatic rings. The van der Waals surface area contributed by atoms with E-state index < -0.39 is 0 Å². The first kappa shape index (κ1) is 10.6. The van der Waals surface area contributed by atoms with Crippen molar-refractivity contribution in [2.45, 2.75) is 52.1 Å². The van der Waals surface area contributed by atoms with Gasteiger partial charge in [-0.25, -0.2) is 9.97 Å². The van der Waals surface area contributed by atoms with Gasteiger partial charge in [-0.2, -0.15) is 0 Å². The summed E-state index contributed by atoms with van der Waals surface area (Å²) in [5.74, 6) is 1.41. The van der Waals surface area contributed by atoms with Crippen molar-refractivity contribution in [3.8, 4) is 0 Å². The van der Waals surface area contributed by atoms with Crippen molar-refractivity contribution < 1.29 is 0 Å². The van der Waals surface area contributed by atoms with E-state index in [0.717, 1.165) is 29.8 Å². The van der Waals surface area contributed by atoms with Crippen LogP contribution in [0.4, 0.5) is 0 Å². The van der Waals surface area contributed by atoms with Gasteiger partial charge >= 0.3 is 0 Å². The van der Waals surface area contributed by atoms with Crippen LogP contribution in [0.5, 0.6) is 0 Å². The minimum Gasteiger partial charge on any atom is -0.307 e. The highest BCUT2D eigenvalue weighted by atomic mass is 15.0. The molecule has 0 bridgehead atoms. The molecule has 0 unspecified atom stereocenters. The Kier molecular flexibility index (Phi) is 3.00. The van der Waals surface area contributed by atoms with Crippen LogP contribution < -0.4 is 5.32 Å². The van der Waals surface area contributed by atoms with E-state index in [1.165, 1.54) is 12.8 Å². The zero-order valence-corrected chi connectivity index (χ0v) is 9.75. The van der Waals surface area contributed by atoms with Crippen LogP contribution in [0, 0.1) is 6.92 Å². The van der Waals surface area contributed by atoms with Gasteiger partial charge in [-0.3, -0.25) is 0 Å². The van der Waals surface area contributed by atoms with Crippen LogP contribution in [0.15, 0.2) is 6.07 Å². The standard InChI is InChI=1S/C12H19N3/c1-8(2)11-6-9(3)14-12(15-11)7-13-10-4-5-10/h6,8,10,13H,4-5,7H2,1-3H3. The molecule has 0 saturated heterocycles. The number of hydrogen-bond acceptors (Lipinski definition) is 3. The van der Waals surface area contributed by atoms with Crippen LogP contribution in [0.25, 0.3) is 0 Å². The fourth-order valence-electron chi connectivity index (χ4n) is 1.55. The Morgan fingerprint density at radius 1 is 1.40 bits per heavy atom. The fraction of sp³-hybridized carbons (Fsp3) is 0.667. The molecule has 1 heterocycles. The molecule has 0 aliphatic heterocycles. The molecule has 1 aliphatic carbocycles. The third-order valence-electron chi connectivity index (χ3n) is 2.64. The van der Waals surface area contributed by atoms with E-state index in [1.54, 1.807) is 0 Å². The lowest BCUT2D eigenvalue weighted by Crippen LogP contribution is -2.18. The van der Waals surface area contributed by atoms with Gasteiger partial charge in [0.25, 0.3) is 0 Å². The van der Waals surface area contributed by atoms with Crippen molar-refractivity contribution in [2.24, 2.45) is 0 Å². The maximum Gasteiger partial charge on any atom is 0.142 e. The Balaban J connectivity index is 2.07. The van der Waals surface area contributed by atoms with E-state index in [1.807, 2.05) is 6.92 Å². The third-order valence-corrected chi connectivity index (χ3v) is 2.64. The van der Waals surface area contributed by atoms with E-state index in [9.17, 15) is 0 Å². The van der Waals surface area contributed by atoms with Crippen LogP contribution in [-0.2, 0) is 6.54 Å². The predicted octanol–water partition coefficient (Wildman–Crippen LogP) is 2.16. The molecular weight excluding hydrogens is 186 g/mol. The molecule has 2 rings (SSSR count). The van der Waals surface area contributed by atoms with Gasteiger partial charge in [-0.1, -0.05) is 13.8 Å². The molecular formula is C12H19N3. The first-order valence-electron chi connectivity index (χ1n) is 5.73. The Hall–Kier alpha value is -0.960. The van der Waals surface area contributed by atoms with Crippen molar-refractivity contribution in [1.29, 1.82) is 0 Å². The Morgan fingerprint density at radius 2 is 2.13 bits per heavy atom. The van der Waals surface area contributed by atoms with Gasteiger partial charge in [-0.05, 0) is 31.7 Å². The van der Waals surface area contributed by atoms with Gasteiger partial charge < -0.3 is 5.32 Å². The van der Waals surface area contributed by atoms with Crippen LogP contribution in [0.2, 0.25) is 0 Å². The van der Waals surface area contributed by atoms with Crippen LogP contribution >= 0.6 is 0 Å². The molecule has 0 aromatic carbocycles. The second-order valence-corrected chi connectivity index (χ2v) is 4.66. The molecule has 1 aromatic heterocycles. The lowest BCUT2D eigenvalue weighted by molar-refractivity contribution is 0.645. The monoisotopic (exact) mass is 205 g/mol. The third kappa shape index (κ3) is 2.99. The molecule has 0 atom stereocenters. The average Bonchev–Trinajstić information content (AvgIpc) is 2.97. The topological polar surface area (TPSA) is 37.8 Å². The lowest BCUT2D eigenvalue weighted by atomic mass is 10.1. The average molecular weight is 205 g/mol. The molecule has 1 N–H and O–H groups in total.